The molecule has 0 bridgehead atoms. The second kappa shape index (κ2) is 14.2. The lowest BCUT2D eigenvalue weighted by Gasteiger charge is -2.46. The van der Waals surface area contributed by atoms with Crippen LogP contribution >= 0.6 is 0 Å². The summed E-state index contributed by atoms with van der Waals surface area (Å²) < 4.78 is 23.3. The van der Waals surface area contributed by atoms with Gasteiger partial charge in [-0.25, -0.2) is 0 Å². The maximum atomic E-state index is 12.4. The molecule has 5 N–H and O–H groups in total. The number of aliphatic hydroxyl groups excluding tert-OH is 5. The molecule has 2 saturated heterocycles. The van der Waals surface area contributed by atoms with E-state index in [1.165, 1.54) is 11.8 Å². The highest BCUT2D eigenvalue weighted by Crippen LogP contribution is 2.31. The molecule has 1 amide bonds. The van der Waals surface area contributed by atoms with Crippen LogP contribution in [0, 0.1) is 0 Å². The largest absolute Gasteiger partial charge is 0.388 e. The standard InChI is InChI=1S/C24H45NO10/c1-6-7-8-9-10-11-15(12-16(26)25(4)5)34-24-22(20(30)18(28)14(3)33-24)35-23-21(31)19(29)17(27)13(2)32-23/h13-15,17-24,27-31H,6-12H2,1-5H3/t13-,14+,15?,17?,18+,19-,20-,21-,22-,23+,24+/m1/s1. The van der Waals surface area contributed by atoms with Crippen molar-refractivity contribution in [3.05, 3.63) is 0 Å². The van der Waals surface area contributed by atoms with Crippen molar-refractivity contribution in [1.82, 2.24) is 4.90 Å². The number of carbonyl (C=O) groups is 1. The molecule has 0 spiro atoms. The Kier molecular flexibility index (Phi) is 12.3. The molecule has 0 saturated carbocycles. The van der Waals surface area contributed by atoms with E-state index in [2.05, 4.69) is 6.92 Å². The molecule has 0 radical (unpaired) electrons. The van der Waals surface area contributed by atoms with Gasteiger partial charge in [0.1, 0.15) is 36.6 Å². The summed E-state index contributed by atoms with van der Waals surface area (Å²) >= 11 is 0. The minimum atomic E-state index is -1.60. The van der Waals surface area contributed by atoms with Gasteiger partial charge < -0.3 is 49.4 Å². The molecule has 11 atom stereocenters. The number of hydrogen-bond donors (Lipinski definition) is 5. The molecule has 2 aliphatic heterocycles. The molecule has 0 aliphatic carbocycles. The van der Waals surface area contributed by atoms with Gasteiger partial charge in [-0.2, -0.15) is 0 Å². The number of carbonyl (C=O) groups excluding carboxylic acids is 1. The van der Waals surface area contributed by atoms with Crippen LogP contribution in [0.4, 0.5) is 0 Å². The molecule has 206 valence electrons. The lowest BCUT2D eigenvalue weighted by molar-refractivity contribution is -0.366. The van der Waals surface area contributed by atoms with Gasteiger partial charge in [-0.3, -0.25) is 4.79 Å². The quantitative estimate of drug-likeness (QED) is 0.226. The number of amides is 1. The fourth-order valence-corrected chi connectivity index (χ4v) is 4.30. The molecule has 0 aromatic rings. The van der Waals surface area contributed by atoms with Crippen LogP contribution in [0.2, 0.25) is 0 Å². The summed E-state index contributed by atoms with van der Waals surface area (Å²) in [5.41, 5.74) is 0. The Morgan fingerprint density at radius 2 is 1.40 bits per heavy atom. The first-order valence-electron chi connectivity index (χ1n) is 12.7. The van der Waals surface area contributed by atoms with Crippen molar-refractivity contribution < 1.29 is 49.3 Å². The molecule has 0 aromatic heterocycles. The lowest BCUT2D eigenvalue weighted by Crippen LogP contribution is -2.63. The highest BCUT2D eigenvalue weighted by atomic mass is 16.8. The average molecular weight is 508 g/mol. The summed E-state index contributed by atoms with van der Waals surface area (Å²) in [5.74, 6) is -0.123. The number of unbranched alkanes of at least 4 members (excludes halogenated alkanes) is 4. The van der Waals surface area contributed by atoms with Crippen molar-refractivity contribution in [2.45, 2.75) is 133 Å². The summed E-state index contributed by atoms with van der Waals surface area (Å²) in [6, 6.07) is 0. The average Bonchev–Trinajstić information content (AvgIpc) is 2.81. The van der Waals surface area contributed by atoms with Gasteiger partial charge in [0, 0.05) is 14.1 Å². The monoisotopic (exact) mass is 507 g/mol. The predicted octanol–water partition coefficient (Wildman–Crippen LogP) is -0.110. The van der Waals surface area contributed by atoms with E-state index in [1.54, 1.807) is 21.0 Å². The highest BCUT2D eigenvalue weighted by Gasteiger charge is 2.50. The van der Waals surface area contributed by atoms with Gasteiger partial charge in [0.05, 0.1) is 24.7 Å². The molecule has 2 heterocycles. The Balaban J connectivity index is 2.16. The molecule has 2 fully saturated rings. The number of ether oxygens (including phenoxy) is 4. The molecule has 2 unspecified atom stereocenters. The van der Waals surface area contributed by atoms with Crippen molar-refractivity contribution in [3.63, 3.8) is 0 Å². The molecule has 11 nitrogen and oxygen atoms in total. The van der Waals surface area contributed by atoms with Crippen molar-refractivity contribution in [2.75, 3.05) is 14.1 Å². The number of aliphatic hydroxyl groups is 5. The third-order valence-electron chi connectivity index (χ3n) is 6.74. The molecule has 0 aromatic carbocycles. The molecule has 2 rings (SSSR count). The summed E-state index contributed by atoms with van der Waals surface area (Å²) in [4.78, 5) is 13.9. The van der Waals surface area contributed by atoms with Crippen LogP contribution < -0.4 is 0 Å². The zero-order valence-corrected chi connectivity index (χ0v) is 21.5. The first kappa shape index (κ1) is 30.3. The Morgan fingerprint density at radius 1 is 0.829 bits per heavy atom. The number of nitrogens with zero attached hydrogens (tertiary/aromatic N) is 1. The normalized spacial score (nSPS) is 38.8. The van der Waals surface area contributed by atoms with Crippen molar-refractivity contribution in [1.29, 1.82) is 0 Å². The lowest BCUT2D eigenvalue weighted by atomic mass is 9.97. The second-order valence-corrected chi connectivity index (χ2v) is 9.93. The van der Waals surface area contributed by atoms with E-state index >= 15 is 0 Å². The van der Waals surface area contributed by atoms with Crippen LogP contribution in [-0.2, 0) is 23.7 Å². The maximum Gasteiger partial charge on any atom is 0.224 e. The van der Waals surface area contributed by atoms with Gasteiger partial charge in [-0.1, -0.05) is 39.0 Å². The van der Waals surface area contributed by atoms with Crippen LogP contribution in [0.5, 0.6) is 0 Å². The van der Waals surface area contributed by atoms with Gasteiger partial charge >= 0.3 is 0 Å². The Hall–Kier alpha value is -0.890. The van der Waals surface area contributed by atoms with Crippen molar-refractivity contribution in [2.24, 2.45) is 0 Å². The summed E-state index contributed by atoms with van der Waals surface area (Å²) in [7, 11) is 3.32. The molecule has 2 aliphatic rings. The van der Waals surface area contributed by atoms with Crippen LogP contribution in [-0.4, -0.2) is 118 Å². The van der Waals surface area contributed by atoms with E-state index in [0.29, 0.717) is 6.42 Å². The Bertz CT molecular complexity index is 637. The second-order valence-electron chi connectivity index (χ2n) is 9.93. The van der Waals surface area contributed by atoms with E-state index < -0.39 is 67.5 Å². The zero-order chi connectivity index (χ0) is 26.3. The summed E-state index contributed by atoms with van der Waals surface area (Å²) in [6.07, 6.45) is -7.36. The first-order valence-corrected chi connectivity index (χ1v) is 12.7. The molecular formula is C24H45NO10. The third-order valence-corrected chi connectivity index (χ3v) is 6.74. The van der Waals surface area contributed by atoms with Crippen molar-refractivity contribution >= 4 is 5.91 Å². The van der Waals surface area contributed by atoms with Gasteiger partial charge in [-0.05, 0) is 20.3 Å². The maximum absolute atomic E-state index is 12.4. The fraction of sp³-hybridized carbons (Fsp3) is 0.958. The van der Waals surface area contributed by atoms with Gasteiger partial charge in [-0.15, -0.1) is 0 Å². The van der Waals surface area contributed by atoms with Crippen LogP contribution in [0.1, 0.15) is 65.7 Å². The highest BCUT2D eigenvalue weighted by molar-refractivity contribution is 5.76. The Labute approximate surface area is 207 Å². The van der Waals surface area contributed by atoms with E-state index in [0.717, 1.165) is 32.1 Å². The molecule has 11 heteroatoms. The van der Waals surface area contributed by atoms with E-state index in [9.17, 15) is 30.3 Å². The summed E-state index contributed by atoms with van der Waals surface area (Å²) in [6.45, 7) is 5.23. The van der Waals surface area contributed by atoms with E-state index in [-0.39, 0.29) is 12.3 Å². The molecule has 35 heavy (non-hydrogen) atoms. The van der Waals surface area contributed by atoms with Crippen LogP contribution in [0.15, 0.2) is 0 Å². The van der Waals surface area contributed by atoms with Gasteiger partial charge in [0.25, 0.3) is 0 Å². The topological polar surface area (TPSA) is 158 Å². The number of rotatable bonds is 12. The van der Waals surface area contributed by atoms with Gasteiger partial charge in [0.2, 0.25) is 5.91 Å². The van der Waals surface area contributed by atoms with Gasteiger partial charge in [0.15, 0.2) is 12.6 Å². The smallest absolute Gasteiger partial charge is 0.224 e. The zero-order valence-electron chi connectivity index (χ0n) is 21.5. The minimum absolute atomic E-state index is 0.102. The summed E-state index contributed by atoms with van der Waals surface area (Å²) in [5, 5.41) is 51.6. The van der Waals surface area contributed by atoms with Crippen LogP contribution in [0.3, 0.4) is 0 Å². The van der Waals surface area contributed by atoms with Crippen molar-refractivity contribution in [3.8, 4) is 0 Å². The number of hydrogen-bond acceptors (Lipinski definition) is 10. The van der Waals surface area contributed by atoms with E-state index in [4.69, 9.17) is 18.9 Å². The minimum Gasteiger partial charge on any atom is -0.388 e. The Morgan fingerprint density at radius 3 is 2.00 bits per heavy atom. The van der Waals surface area contributed by atoms with Crippen LogP contribution in [0.25, 0.3) is 0 Å². The third kappa shape index (κ3) is 8.31. The first-order chi connectivity index (χ1) is 16.5. The predicted molar refractivity (Wildman–Crippen MR) is 125 cm³/mol. The molecular weight excluding hydrogens is 462 g/mol. The van der Waals surface area contributed by atoms with E-state index in [1.807, 2.05) is 0 Å². The SMILES string of the molecule is CCCCCCCC(CC(=O)N(C)C)O[C@@H]1O[C@@H](C)[C@H](O)[C@@H](O)[C@H]1O[C@@H]1O[C@H](C)C(O)[C@@H](O)[C@H]1O. The fourth-order valence-electron chi connectivity index (χ4n) is 4.30.